The Morgan fingerprint density at radius 3 is 2.93 bits per heavy atom. The van der Waals surface area contributed by atoms with E-state index >= 15 is 0 Å². The average molecular weight is 214 g/mol. The van der Waals surface area contributed by atoms with Crippen molar-refractivity contribution in [3.8, 4) is 0 Å². The summed E-state index contributed by atoms with van der Waals surface area (Å²) in [5.41, 5.74) is 5.55. The third kappa shape index (κ3) is 4.08. The number of hydrogen-bond acceptors (Lipinski definition) is 2. The summed E-state index contributed by atoms with van der Waals surface area (Å²) < 4.78 is 0. The summed E-state index contributed by atoms with van der Waals surface area (Å²) in [4.78, 5) is 10.5. The van der Waals surface area contributed by atoms with Crippen molar-refractivity contribution in [1.29, 1.82) is 0 Å². The van der Waals surface area contributed by atoms with Crippen molar-refractivity contribution in [3.63, 3.8) is 0 Å². The van der Waals surface area contributed by atoms with Crippen LogP contribution in [0.5, 0.6) is 0 Å². The summed E-state index contributed by atoms with van der Waals surface area (Å²) in [6.45, 7) is 2.71. The van der Waals surface area contributed by atoms with Gasteiger partial charge >= 0.3 is 6.09 Å². The van der Waals surface area contributed by atoms with Crippen LogP contribution < -0.4 is 11.1 Å². The molecule has 1 aliphatic carbocycles. The van der Waals surface area contributed by atoms with Gasteiger partial charge in [-0.1, -0.05) is 12.8 Å². The standard InChI is InChI=1S/C11H22N2O2/c1-8(13-11(14)15)10-4-2-3-9(7-10)5-6-12/h8-10,13H,2-7,12H2,1H3,(H,14,15). The minimum absolute atomic E-state index is 0.0723. The molecule has 0 bridgehead atoms. The largest absolute Gasteiger partial charge is 0.465 e. The summed E-state index contributed by atoms with van der Waals surface area (Å²) >= 11 is 0. The maximum atomic E-state index is 10.5. The lowest BCUT2D eigenvalue weighted by atomic mass is 9.77. The van der Waals surface area contributed by atoms with Crippen LogP contribution in [0.2, 0.25) is 0 Å². The quantitative estimate of drug-likeness (QED) is 0.668. The van der Waals surface area contributed by atoms with Crippen LogP contribution in [0.4, 0.5) is 4.79 Å². The van der Waals surface area contributed by atoms with E-state index in [2.05, 4.69) is 5.32 Å². The Bertz CT molecular complexity index is 207. The first-order valence-electron chi connectivity index (χ1n) is 5.83. The lowest BCUT2D eigenvalue weighted by Crippen LogP contribution is -2.39. The monoisotopic (exact) mass is 214 g/mol. The van der Waals surface area contributed by atoms with Crippen molar-refractivity contribution < 1.29 is 9.90 Å². The van der Waals surface area contributed by atoms with Gasteiger partial charge in [0.1, 0.15) is 0 Å². The van der Waals surface area contributed by atoms with Gasteiger partial charge in [-0.25, -0.2) is 4.79 Å². The maximum absolute atomic E-state index is 10.5. The van der Waals surface area contributed by atoms with Gasteiger partial charge in [0.15, 0.2) is 0 Å². The van der Waals surface area contributed by atoms with E-state index in [4.69, 9.17) is 10.8 Å². The Balaban J connectivity index is 2.37. The molecule has 0 saturated heterocycles. The first kappa shape index (κ1) is 12.3. The molecule has 0 radical (unpaired) electrons. The topological polar surface area (TPSA) is 75.3 Å². The summed E-state index contributed by atoms with van der Waals surface area (Å²) in [7, 11) is 0. The zero-order valence-corrected chi connectivity index (χ0v) is 9.41. The van der Waals surface area contributed by atoms with Gasteiger partial charge in [0, 0.05) is 6.04 Å². The fourth-order valence-electron chi connectivity index (χ4n) is 2.60. The molecule has 4 heteroatoms. The normalized spacial score (nSPS) is 28.4. The van der Waals surface area contributed by atoms with E-state index < -0.39 is 6.09 Å². The van der Waals surface area contributed by atoms with Gasteiger partial charge in [0.05, 0.1) is 0 Å². The zero-order valence-electron chi connectivity index (χ0n) is 9.41. The van der Waals surface area contributed by atoms with Crippen molar-refractivity contribution >= 4 is 6.09 Å². The summed E-state index contributed by atoms with van der Waals surface area (Å²) in [5, 5.41) is 11.2. The number of carboxylic acid groups (broad SMARTS) is 1. The fraction of sp³-hybridized carbons (Fsp3) is 0.909. The second-order valence-corrected chi connectivity index (χ2v) is 4.61. The predicted octanol–water partition coefficient (Wildman–Crippen LogP) is 1.80. The molecule has 88 valence electrons. The van der Waals surface area contributed by atoms with Crippen LogP contribution in [0.1, 0.15) is 39.0 Å². The van der Waals surface area contributed by atoms with Gasteiger partial charge in [-0.05, 0) is 44.6 Å². The van der Waals surface area contributed by atoms with E-state index in [-0.39, 0.29) is 6.04 Å². The van der Waals surface area contributed by atoms with E-state index in [0.717, 1.165) is 25.8 Å². The molecule has 1 aliphatic rings. The number of nitrogens with one attached hydrogen (secondary N) is 1. The van der Waals surface area contributed by atoms with Crippen molar-refractivity contribution in [2.45, 2.75) is 45.1 Å². The second-order valence-electron chi connectivity index (χ2n) is 4.61. The number of nitrogens with two attached hydrogens (primary N) is 1. The Morgan fingerprint density at radius 2 is 2.33 bits per heavy atom. The van der Waals surface area contributed by atoms with Crippen LogP contribution >= 0.6 is 0 Å². The third-order valence-corrected chi connectivity index (χ3v) is 3.46. The van der Waals surface area contributed by atoms with Crippen LogP contribution in [0.3, 0.4) is 0 Å². The van der Waals surface area contributed by atoms with Gasteiger partial charge < -0.3 is 16.2 Å². The first-order valence-corrected chi connectivity index (χ1v) is 5.83. The van der Waals surface area contributed by atoms with Gasteiger partial charge in [-0.2, -0.15) is 0 Å². The number of carbonyl (C=O) groups is 1. The van der Waals surface area contributed by atoms with Crippen molar-refractivity contribution in [2.24, 2.45) is 17.6 Å². The second kappa shape index (κ2) is 5.95. The first-order chi connectivity index (χ1) is 7.13. The molecule has 3 atom stereocenters. The number of hydrogen-bond donors (Lipinski definition) is 3. The van der Waals surface area contributed by atoms with Crippen molar-refractivity contribution in [3.05, 3.63) is 0 Å². The smallest absolute Gasteiger partial charge is 0.404 e. The molecule has 1 rings (SSSR count). The Hall–Kier alpha value is -0.770. The molecule has 15 heavy (non-hydrogen) atoms. The number of rotatable bonds is 4. The molecule has 0 aliphatic heterocycles. The molecule has 0 heterocycles. The van der Waals surface area contributed by atoms with Crippen molar-refractivity contribution in [2.75, 3.05) is 6.54 Å². The summed E-state index contributed by atoms with van der Waals surface area (Å²) in [6, 6.07) is 0.0723. The van der Waals surface area contributed by atoms with Crippen LogP contribution in [0, 0.1) is 11.8 Å². The van der Waals surface area contributed by atoms with Gasteiger partial charge in [-0.3, -0.25) is 0 Å². The molecule has 0 spiro atoms. The average Bonchev–Trinajstić information content (AvgIpc) is 2.17. The van der Waals surface area contributed by atoms with Crippen LogP contribution in [-0.4, -0.2) is 23.8 Å². The highest BCUT2D eigenvalue weighted by molar-refractivity contribution is 5.64. The molecule has 1 fully saturated rings. The SMILES string of the molecule is CC(NC(=O)O)C1CCCC(CCN)C1. The molecule has 3 unspecified atom stereocenters. The molecule has 0 aromatic rings. The van der Waals surface area contributed by atoms with E-state index in [9.17, 15) is 4.79 Å². The minimum Gasteiger partial charge on any atom is -0.465 e. The van der Waals surface area contributed by atoms with Crippen LogP contribution in [0.15, 0.2) is 0 Å². The van der Waals surface area contributed by atoms with Crippen LogP contribution in [-0.2, 0) is 0 Å². The highest BCUT2D eigenvalue weighted by Gasteiger charge is 2.26. The van der Waals surface area contributed by atoms with Gasteiger partial charge in [0.25, 0.3) is 0 Å². The molecule has 4 N–H and O–H groups in total. The maximum Gasteiger partial charge on any atom is 0.404 e. The van der Waals surface area contributed by atoms with Crippen LogP contribution in [0.25, 0.3) is 0 Å². The molecule has 1 saturated carbocycles. The van der Waals surface area contributed by atoms with Gasteiger partial charge in [0.2, 0.25) is 0 Å². The molecule has 1 amide bonds. The molecule has 4 nitrogen and oxygen atoms in total. The Kier molecular flexibility index (Phi) is 4.88. The third-order valence-electron chi connectivity index (χ3n) is 3.46. The van der Waals surface area contributed by atoms with E-state index in [1.54, 1.807) is 0 Å². The predicted molar refractivity (Wildman–Crippen MR) is 59.7 cm³/mol. The Morgan fingerprint density at radius 1 is 1.60 bits per heavy atom. The zero-order chi connectivity index (χ0) is 11.3. The van der Waals surface area contributed by atoms with E-state index in [1.165, 1.54) is 12.8 Å². The lowest BCUT2D eigenvalue weighted by Gasteiger charge is -2.32. The van der Waals surface area contributed by atoms with E-state index in [1.807, 2.05) is 6.92 Å². The molecule has 0 aromatic carbocycles. The summed E-state index contributed by atoms with van der Waals surface area (Å²) in [5.74, 6) is 1.19. The highest BCUT2D eigenvalue weighted by atomic mass is 16.4. The molecule has 0 aromatic heterocycles. The number of amides is 1. The lowest BCUT2D eigenvalue weighted by molar-refractivity contribution is 0.172. The molecular formula is C11H22N2O2. The minimum atomic E-state index is -0.913. The molecular weight excluding hydrogens is 192 g/mol. The fourth-order valence-corrected chi connectivity index (χ4v) is 2.60. The summed E-state index contributed by atoms with van der Waals surface area (Å²) in [6.07, 6.45) is 4.90. The Labute approximate surface area is 91.2 Å². The highest BCUT2D eigenvalue weighted by Crippen LogP contribution is 2.32. The van der Waals surface area contributed by atoms with Gasteiger partial charge in [-0.15, -0.1) is 0 Å². The van der Waals surface area contributed by atoms with Crippen molar-refractivity contribution in [1.82, 2.24) is 5.32 Å². The van der Waals surface area contributed by atoms with E-state index in [0.29, 0.717) is 11.8 Å².